The Kier molecular flexibility index (Phi) is 5.56. The number of nitrogens with one attached hydrogen (secondary N) is 1. The molecule has 3 heterocycles. The molecule has 0 aliphatic carbocycles. The number of nitrogens with zero attached hydrogens (tertiary/aromatic N) is 2. The van der Waals surface area contributed by atoms with E-state index >= 15 is 0 Å². The molecular formula is C17H27N3O2S. The maximum absolute atomic E-state index is 12.5. The van der Waals surface area contributed by atoms with Crippen LogP contribution in [0.4, 0.5) is 4.79 Å². The minimum absolute atomic E-state index is 0.0769. The predicted octanol–water partition coefficient (Wildman–Crippen LogP) is 2.70. The van der Waals surface area contributed by atoms with E-state index in [0.29, 0.717) is 6.54 Å². The number of carbonyl (C=O) groups is 1. The van der Waals surface area contributed by atoms with E-state index in [1.165, 1.54) is 5.56 Å². The Labute approximate surface area is 142 Å². The smallest absolute Gasteiger partial charge is 0.317 e. The highest BCUT2D eigenvalue weighted by Gasteiger charge is 2.30. The highest BCUT2D eigenvalue weighted by molar-refractivity contribution is 7.07. The van der Waals surface area contributed by atoms with Crippen LogP contribution in [0.5, 0.6) is 0 Å². The molecular weight excluding hydrogens is 310 g/mol. The number of thiophene rings is 1. The first-order valence-electron chi connectivity index (χ1n) is 8.58. The summed E-state index contributed by atoms with van der Waals surface area (Å²) in [4.78, 5) is 16.9. The third-order valence-corrected chi connectivity index (χ3v) is 5.34. The number of hydrogen-bond acceptors (Lipinski definition) is 4. The van der Waals surface area contributed by atoms with Crippen LogP contribution in [0, 0.1) is 0 Å². The molecule has 23 heavy (non-hydrogen) atoms. The third kappa shape index (κ3) is 4.25. The number of likely N-dealkylation sites (tertiary alicyclic amines) is 1. The van der Waals surface area contributed by atoms with Crippen molar-refractivity contribution in [3.05, 3.63) is 22.4 Å². The van der Waals surface area contributed by atoms with E-state index in [2.05, 4.69) is 40.9 Å². The molecule has 1 aromatic heterocycles. The second-order valence-electron chi connectivity index (χ2n) is 6.66. The number of rotatable bonds is 4. The van der Waals surface area contributed by atoms with Gasteiger partial charge < -0.3 is 15.0 Å². The molecule has 1 N–H and O–H groups in total. The second-order valence-corrected chi connectivity index (χ2v) is 7.44. The van der Waals surface area contributed by atoms with Crippen LogP contribution in [0.3, 0.4) is 0 Å². The van der Waals surface area contributed by atoms with Crippen LogP contribution in [0.2, 0.25) is 0 Å². The summed E-state index contributed by atoms with van der Waals surface area (Å²) in [6.45, 7) is 8.56. The zero-order chi connectivity index (χ0) is 16.2. The molecule has 0 spiro atoms. The molecule has 0 radical (unpaired) electrons. The van der Waals surface area contributed by atoms with E-state index in [4.69, 9.17) is 4.74 Å². The lowest BCUT2D eigenvalue weighted by atomic mass is 10.1. The zero-order valence-electron chi connectivity index (χ0n) is 14.0. The Morgan fingerprint density at radius 1 is 1.39 bits per heavy atom. The van der Waals surface area contributed by atoms with Gasteiger partial charge in [-0.15, -0.1) is 0 Å². The summed E-state index contributed by atoms with van der Waals surface area (Å²) < 4.78 is 5.74. The predicted molar refractivity (Wildman–Crippen MR) is 92.8 cm³/mol. The molecule has 3 rings (SSSR count). The topological polar surface area (TPSA) is 44.8 Å². The number of amides is 2. The van der Waals surface area contributed by atoms with Gasteiger partial charge in [0.25, 0.3) is 0 Å². The lowest BCUT2D eigenvalue weighted by Crippen LogP contribution is -2.49. The Morgan fingerprint density at radius 3 is 2.87 bits per heavy atom. The number of carbonyl (C=O) groups excluding carboxylic acids is 1. The van der Waals surface area contributed by atoms with E-state index in [-0.39, 0.29) is 24.3 Å². The SMILES string of the molecule is C[C@@H]1CN(CCNC(=O)N2CCC[C@@H]2c2ccsc2)C[C@@H](C)O1. The number of ether oxygens (including phenoxy) is 1. The minimum Gasteiger partial charge on any atom is -0.373 e. The van der Waals surface area contributed by atoms with E-state index in [0.717, 1.165) is 39.0 Å². The van der Waals surface area contributed by atoms with Crippen LogP contribution in [0.15, 0.2) is 16.8 Å². The van der Waals surface area contributed by atoms with Crippen molar-refractivity contribution in [2.45, 2.75) is 44.9 Å². The van der Waals surface area contributed by atoms with Crippen LogP contribution in [-0.2, 0) is 4.74 Å². The molecule has 2 saturated heterocycles. The maximum atomic E-state index is 12.5. The van der Waals surface area contributed by atoms with Gasteiger partial charge in [0, 0.05) is 32.7 Å². The lowest BCUT2D eigenvalue weighted by molar-refractivity contribution is -0.0672. The van der Waals surface area contributed by atoms with Gasteiger partial charge in [-0.2, -0.15) is 11.3 Å². The minimum atomic E-state index is 0.0769. The van der Waals surface area contributed by atoms with Gasteiger partial charge in [0.15, 0.2) is 0 Å². The Bertz CT molecular complexity index is 498. The summed E-state index contributed by atoms with van der Waals surface area (Å²) in [7, 11) is 0. The molecule has 128 valence electrons. The van der Waals surface area contributed by atoms with Crippen molar-refractivity contribution in [2.24, 2.45) is 0 Å². The van der Waals surface area contributed by atoms with E-state index in [9.17, 15) is 4.79 Å². The summed E-state index contributed by atoms with van der Waals surface area (Å²) >= 11 is 1.70. The third-order valence-electron chi connectivity index (χ3n) is 4.64. The van der Waals surface area contributed by atoms with Gasteiger partial charge >= 0.3 is 6.03 Å². The molecule has 2 fully saturated rings. The summed E-state index contributed by atoms with van der Waals surface area (Å²) in [5.74, 6) is 0. The maximum Gasteiger partial charge on any atom is 0.317 e. The molecule has 1 aromatic rings. The van der Waals surface area contributed by atoms with Crippen LogP contribution in [0.1, 0.15) is 38.3 Å². The van der Waals surface area contributed by atoms with E-state index in [1.807, 2.05) is 4.90 Å². The first-order chi connectivity index (χ1) is 11.1. The second kappa shape index (κ2) is 7.64. The zero-order valence-corrected chi connectivity index (χ0v) is 14.8. The number of morpholine rings is 1. The van der Waals surface area contributed by atoms with Gasteiger partial charge in [0.2, 0.25) is 0 Å². The normalized spacial score (nSPS) is 29.0. The van der Waals surface area contributed by atoms with Gasteiger partial charge in [0.1, 0.15) is 0 Å². The Morgan fingerprint density at radius 2 is 2.17 bits per heavy atom. The van der Waals surface area contributed by atoms with Crippen LogP contribution in [0.25, 0.3) is 0 Å². The van der Waals surface area contributed by atoms with Crippen LogP contribution < -0.4 is 5.32 Å². The quantitative estimate of drug-likeness (QED) is 0.919. The van der Waals surface area contributed by atoms with Gasteiger partial charge in [-0.3, -0.25) is 4.90 Å². The summed E-state index contributed by atoms with van der Waals surface area (Å²) in [6, 6.07) is 2.47. The van der Waals surface area contributed by atoms with E-state index in [1.54, 1.807) is 11.3 Å². The molecule has 0 unspecified atom stereocenters. The first kappa shape index (κ1) is 16.7. The van der Waals surface area contributed by atoms with Gasteiger partial charge in [-0.05, 0) is 49.1 Å². The van der Waals surface area contributed by atoms with Gasteiger partial charge in [0.05, 0.1) is 18.2 Å². The molecule has 0 bridgehead atoms. The van der Waals surface area contributed by atoms with Crippen molar-refractivity contribution in [3.63, 3.8) is 0 Å². The van der Waals surface area contributed by atoms with Crippen LogP contribution in [-0.4, -0.2) is 60.8 Å². The van der Waals surface area contributed by atoms with Crippen molar-refractivity contribution >= 4 is 17.4 Å². The Balaban J connectivity index is 1.46. The van der Waals surface area contributed by atoms with Crippen molar-refractivity contribution < 1.29 is 9.53 Å². The van der Waals surface area contributed by atoms with Crippen molar-refractivity contribution in [1.29, 1.82) is 0 Å². The van der Waals surface area contributed by atoms with Gasteiger partial charge in [-0.25, -0.2) is 4.79 Å². The van der Waals surface area contributed by atoms with Gasteiger partial charge in [-0.1, -0.05) is 0 Å². The van der Waals surface area contributed by atoms with Crippen molar-refractivity contribution in [3.8, 4) is 0 Å². The van der Waals surface area contributed by atoms with Crippen molar-refractivity contribution in [1.82, 2.24) is 15.1 Å². The fourth-order valence-electron chi connectivity index (χ4n) is 3.71. The first-order valence-corrected chi connectivity index (χ1v) is 9.52. The summed E-state index contributed by atoms with van der Waals surface area (Å²) in [6.07, 6.45) is 2.71. The largest absolute Gasteiger partial charge is 0.373 e. The molecule has 5 nitrogen and oxygen atoms in total. The standard InChI is InChI=1S/C17H27N3O2S/c1-13-10-19(11-14(2)22-13)8-6-18-17(21)20-7-3-4-16(20)15-5-9-23-12-15/h5,9,12-14,16H,3-4,6-8,10-11H2,1-2H3,(H,18,21)/t13-,14-,16-/m1/s1. The molecule has 2 aliphatic rings. The molecule has 2 amide bonds. The fourth-order valence-corrected chi connectivity index (χ4v) is 4.42. The van der Waals surface area contributed by atoms with E-state index < -0.39 is 0 Å². The highest BCUT2D eigenvalue weighted by Crippen LogP contribution is 2.32. The Hall–Kier alpha value is -1.11. The average Bonchev–Trinajstić information content (AvgIpc) is 3.17. The fraction of sp³-hybridized carbons (Fsp3) is 0.706. The number of hydrogen-bond donors (Lipinski definition) is 1. The molecule has 6 heteroatoms. The lowest BCUT2D eigenvalue weighted by Gasteiger charge is -2.35. The molecule has 3 atom stereocenters. The summed E-state index contributed by atoms with van der Waals surface area (Å²) in [5, 5.41) is 7.35. The van der Waals surface area contributed by atoms with Crippen LogP contribution >= 0.6 is 11.3 Å². The monoisotopic (exact) mass is 337 g/mol. The summed E-state index contributed by atoms with van der Waals surface area (Å²) in [5.41, 5.74) is 1.28. The van der Waals surface area contributed by atoms with Crippen molar-refractivity contribution in [2.75, 3.05) is 32.7 Å². The molecule has 2 aliphatic heterocycles. The highest BCUT2D eigenvalue weighted by atomic mass is 32.1. The average molecular weight is 337 g/mol. The molecule has 0 aromatic carbocycles. The molecule has 0 saturated carbocycles. The number of urea groups is 1.